The predicted molar refractivity (Wildman–Crippen MR) is 78.4 cm³/mol. The number of aromatic amines is 1. The molecule has 1 saturated carbocycles. The van der Waals surface area contributed by atoms with Gasteiger partial charge in [0.25, 0.3) is 0 Å². The molecule has 7 heteroatoms. The van der Waals surface area contributed by atoms with Gasteiger partial charge in [0.2, 0.25) is 5.91 Å². The summed E-state index contributed by atoms with van der Waals surface area (Å²) in [5, 5.41) is 13.2. The van der Waals surface area contributed by atoms with Crippen LogP contribution in [0.4, 0.5) is 0 Å². The largest absolute Gasteiger partial charge is 0.377 e. The van der Waals surface area contributed by atoms with Gasteiger partial charge in [0.15, 0.2) is 0 Å². The fraction of sp³-hybridized carbons (Fsp3) is 0.786. The van der Waals surface area contributed by atoms with Gasteiger partial charge in [-0.05, 0) is 25.7 Å². The minimum atomic E-state index is 0.00367. The first-order valence-electron chi connectivity index (χ1n) is 7.70. The molecule has 7 nitrogen and oxygen atoms in total. The number of nitrogens with one attached hydrogen (secondary N) is 2. The van der Waals surface area contributed by atoms with E-state index in [1.54, 1.807) is 6.20 Å². The number of nitrogens with two attached hydrogens (primary N) is 1. The molecule has 3 atom stereocenters. The normalized spacial score (nSPS) is 25.7. The maximum Gasteiger partial charge on any atom is 0.223 e. The smallest absolute Gasteiger partial charge is 0.223 e. The molecule has 1 aliphatic carbocycles. The number of aromatic nitrogens is 3. The molecule has 0 saturated heterocycles. The fourth-order valence-electron chi connectivity index (χ4n) is 2.66. The molecular formula is C14H25N5O2. The molecule has 0 aromatic carbocycles. The Morgan fingerprint density at radius 3 is 3.14 bits per heavy atom. The van der Waals surface area contributed by atoms with Gasteiger partial charge < -0.3 is 15.8 Å². The summed E-state index contributed by atoms with van der Waals surface area (Å²) in [4.78, 5) is 12.2. The lowest BCUT2D eigenvalue weighted by Gasteiger charge is -2.33. The van der Waals surface area contributed by atoms with Crippen molar-refractivity contribution in [2.75, 3.05) is 13.2 Å². The van der Waals surface area contributed by atoms with Crippen molar-refractivity contribution < 1.29 is 9.53 Å². The van der Waals surface area contributed by atoms with Crippen LogP contribution in [-0.4, -0.2) is 46.6 Å². The molecule has 0 aliphatic heterocycles. The highest BCUT2D eigenvalue weighted by atomic mass is 16.5. The number of carbonyl (C=O) groups excluding carboxylic acids is 1. The second kappa shape index (κ2) is 8.09. The summed E-state index contributed by atoms with van der Waals surface area (Å²) in [7, 11) is 0. The van der Waals surface area contributed by atoms with Crippen molar-refractivity contribution in [1.29, 1.82) is 0 Å². The Bertz CT molecular complexity index is 423. The van der Waals surface area contributed by atoms with Crippen molar-refractivity contribution in [3.63, 3.8) is 0 Å². The first-order chi connectivity index (χ1) is 10.2. The summed E-state index contributed by atoms with van der Waals surface area (Å²) < 4.78 is 5.76. The van der Waals surface area contributed by atoms with Gasteiger partial charge in [0.1, 0.15) is 0 Å². The van der Waals surface area contributed by atoms with Gasteiger partial charge in [0, 0.05) is 31.5 Å². The maximum absolute atomic E-state index is 12.2. The minimum Gasteiger partial charge on any atom is -0.377 e. The summed E-state index contributed by atoms with van der Waals surface area (Å²) >= 11 is 0. The summed E-state index contributed by atoms with van der Waals surface area (Å²) in [6, 6.07) is 0.0516. The standard InChI is InChI=1S/C14H25N5O2/c1-2-7-21-13-8-10(3-4-12(13)15)14(20)16-6-5-11-9-17-19-18-11/h9-10,12-13H,2-8,15H2,1H3,(H,16,20)(H,17,18,19)/t10-,12+,13+/m0/s1. The van der Waals surface area contributed by atoms with Gasteiger partial charge in [-0.25, -0.2) is 0 Å². The van der Waals surface area contributed by atoms with Crippen LogP contribution in [0.5, 0.6) is 0 Å². The van der Waals surface area contributed by atoms with Gasteiger partial charge >= 0.3 is 0 Å². The number of amides is 1. The summed E-state index contributed by atoms with van der Waals surface area (Å²) in [6.45, 7) is 3.36. The van der Waals surface area contributed by atoms with Crippen LogP contribution in [0.15, 0.2) is 6.20 Å². The fourth-order valence-corrected chi connectivity index (χ4v) is 2.66. The molecule has 0 bridgehead atoms. The van der Waals surface area contributed by atoms with E-state index < -0.39 is 0 Å². The van der Waals surface area contributed by atoms with E-state index in [2.05, 4.69) is 27.7 Å². The van der Waals surface area contributed by atoms with Crippen LogP contribution in [0.25, 0.3) is 0 Å². The van der Waals surface area contributed by atoms with Crippen LogP contribution in [0, 0.1) is 5.92 Å². The Morgan fingerprint density at radius 1 is 1.57 bits per heavy atom. The lowest BCUT2D eigenvalue weighted by atomic mass is 9.83. The first-order valence-corrected chi connectivity index (χ1v) is 7.70. The van der Waals surface area contributed by atoms with Crippen LogP contribution in [0.1, 0.15) is 38.3 Å². The van der Waals surface area contributed by atoms with Crippen molar-refractivity contribution in [2.45, 2.75) is 51.2 Å². The van der Waals surface area contributed by atoms with E-state index in [0.717, 1.165) is 31.4 Å². The summed E-state index contributed by atoms with van der Waals surface area (Å²) in [6.07, 6.45) is 5.72. The third-order valence-electron chi connectivity index (χ3n) is 3.89. The molecule has 0 unspecified atom stereocenters. The molecule has 1 fully saturated rings. The van der Waals surface area contributed by atoms with Crippen molar-refractivity contribution >= 4 is 5.91 Å². The van der Waals surface area contributed by atoms with Crippen LogP contribution >= 0.6 is 0 Å². The molecule has 4 N–H and O–H groups in total. The quantitative estimate of drug-likeness (QED) is 0.674. The van der Waals surface area contributed by atoms with Crippen LogP contribution in [-0.2, 0) is 16.0 Å². The summed E-state index contributed by atoms with van der Waals surface area (Å²) in [5.41, 5.74) is 6.92. The van der Waals surface area contributed by atoms with Gasteiger partial charge in [-0.1, -0.05) is 6.92 Å². The highest BCUT2D eigenvalue weighted by Gasteiger charge is 2.32. The SMILES string of the molecule is CCCO[C@@H]1C[C@@H](C(=O)NCCc2cn[nH]n2)CC[C@H]1N. The van der Waals surface area contributed by atoms with E-state index in [4.69, 9.17) is 10.5 Å². The van der Waals surface area contributed by atoms with Crippen molar-refractivity contribution in [1.82, 2.24) is 20.7 Å². The Labute approximate surface area is 125 Å². The third kappa shape index (κ3) is 4.78. The number of carbonyl (C=O) groups is 1. The first kappa shape index (κ1) is 15.9. The molecule has 2 rings (SSSR count). The van der Waals surface area contributed by atoms with Gasteiger partial charge in [-0.3, -0.25) is 4.79 Å². The van der Waals surface area contributed by atoms with Crippen LogP contribution in [0.3, 0.4) is 0 Å². The minimum absolute atomic E-state index is 0.00367. The zero-order valence-corrected chi connectivity index (χ0v) is 12.5. The molecule has 0 radical (unpaired) electrons. The number of hydrogen-bond acceptors (Lipinski definition) is 5. The molecular weight excluding hydrogens is 270 g/mol. The molecule has 118 valence electrons. The van der Waals surface area contributed by atoms with E-state index in [-0.39, 0.29) is 24.0 Å². The molecule has 0 spiro atoms. The molecule has 1 aromatic rings. The van der Waals surface area contributed by atoms with Crippen molar-refractivity contribution in [3.05, 3.63) is 11.9 Å². The van der Waals surface area contributed by atoms with Crippen LogP contribution in [0.2, 0.25) is 0 Å². The second-order valence-corrected chi connectivity index (χ2v) is 5.59. The van der Waals surface area contributed by atoms with E-state index in [1.165, 1.54) is 0 Å². The number of rotatable bonds is 7. The Hall–Kier alpha value is -1.47. The average Bonchev–Trinajstić information content (AvgIpc) is 2.99. The predicted octanol–water partition coefficient (Wildman–Crippen LogP) is 0.386. The molecule has 21 heavy (non-hydrogen) atoms. The topological polar surface area (TPSA) is 106 Å². The second-order valence-electron chi connectivity index (χ2n) is 5.59. The Kier molecular flexibility index (Phi) is 6.13. The molecule has 1 amide bonds. The van der Waals surface area contributed by atoms with Gasteiger partial charge in [0.05, 0.1) is 18.0 Å². The molecule has 1 aromatic heterocycles. The highest BCUT2D eigenvalue weighted by molar-refractivity contribution is 5.78. The van der Waals surface area contributed by atoms with Gasteiger partial charge in [-0.15, -0.1) is 0 Å². The van der Waals surface area contributed by atoms with Crippen LogP contribution < -0.4 is 11.1 Å². The number of nitrogens with zero attached hydrogens (tertiary/aromatic N) is 2. The maximum atomic E-state index is 12.2. The number of ether oxygens (including phenoxy) is 1. The average molecular weight is 295 g/mol. The third-order valence-corrected chi connectivity index (χ3v) is 3.89. The lowest BCUT2D eigenvalue weighted by molar-refractivity contribution is -0.128. The van der Waals surface area contributed by atoms with E-state index in [1.807, 2.05) is 0 Å². The summed E-state index contributed by atoms with van der Waals surface area (Å²) in [5.74, 6) is 0.0967. The Balaban J connectivity index is 1.73. The number of H-pyrrole nitrogens is 1. The lowest BCUT2D eigenvalue weighted by Crippen LogP contribution is -2.46. The van der Waals surface area contributed by atoms with E-state index in [9.17, 15) is 4.79 Å². The van der Waals surface area contributed by atoms with E-state index >= 15 is 0 Å². The molecule has 1 heterocycles. The van der Waals surface area contributed by atoms with E-state index in [0.29, 0.717) is 19.6 Å². The van der Waals surface area contributed by atoms with Crippen molar-refractivity contribution in [3.8, 4) is 0 Å². The van der Waals surface area contributed by atoms with Gasteiger partial charge in [-0.2, -0.15) is 15.4 Å². The monoisotopic (exact) mass is 295 g/mol. The molecule has 1 aliphatic rings. The highest BCUT2D eigenvalue weighted by Crippen LogP contribution is 2.26. The zero-order chi connectivity index (χ0) is 15.1. The Morgan fingerprint density at radius 2 is 2.43 bits per heavy atom. The van der Waals surface area contributed by atoms with Crippen molar-refractivity contribution in [2.24, 2.45) is 11.7 Å². The number of hydrogen-bond donors (Lipinski definition) is 3. The zero-order valence-electron chi connectivity index (χ0n) is 12.5.